The van der Waals surface area contributed by atoms with Gasteiger partial charge in [0.2, 0.25) is 11.8 Å². The Kier molecular flexibility index (Phi) is 6.73. The molecule has 3 rings (SSSR count). The lowest BCUT2D eigenvalue weighted by Gasteiger charge is -2.13. The third kappa shape index (κ3) is 4.98. The fraction of sp³-hybridized carbons (Fsp3) is 0.238. The molecule has 9 heteroatoms. The Morgan fingerprint density at radius 3 is 2.40 bits per heavy atom. The van der Waals surface area contributed by atoms with E-state index in [1.807, 2.05) is 6.92 Å². The van der Waals surface area contributed by atoms with Gasteiger partial charge in [0.15, 0.2) is 5.17 Å². The summed E-state index contributed by atoms with van der Waals surface area (Å²) in [5, 5.41) is 11.6. The molecule has 1 fully saturated rings. The number of carboxylic acid groups (broad SMARTS) is 1. The summed E-state index contributed by atoms with van der Waals surface area (Å²) in [7, 11) is 1.58. The van der Waals surface area contributed by atoms with Gasteiger partial charge in [-0.05, 0) is 55.5 Å². The minimum atomic E-state index is -1.04. The number of nitrogens with one attached hydrogen (secondary N) is 1. The topological polar surface area (TPSA) is 108 Å². The molecule has 1 aliphatic rings. The van der Waals surface area contributed by atoms with Gasteiger partial charge in [0.1, 0.15) is 11.0 Å². The highest BCUT2D eigenvalue weighted by molar-refractivity contribution is 8.15. The molecule has 0 aromatic heterocycles. The number of carbonyl (C=O) groups is 3. The quantitative estimate of drug-likeness (QED) is 0.701. The van der Waals surface area contributed by atoms with Gasteiger partial charge in [0.25, 0.3) is 0 Å². The summed E-state index contributed by atoms with van der Waals surface area (Å²) < 4.78 is 5.13. The number of aromatic carboxylic acids is 1. The maximum atomic E-state index is 12.7. The highest BCUT2D eigenvalue weighted by atomic mass is 32.2. The zero-order chi connectivity index (χ0) is 21.7. The molecule has 2 amide bonds. The highest BCUT2D eigenvalue weighted by Gasteiger charge is 2.38. The third-order valence-corrected chi connectivity index (χ3v) is 5.60. The van der Waals surface area contributed by atoms with E-state index in [-0.39, 0.29) is 23.8 Å². The summed E-state index contributed by atoms with van der Waals surface area (Å²) in [6.07, 6.45) is -0.0116. The Balaban J connectivity index is 1.67. The minimum absolute atomic E-state index is 0.0116. The number of amides is 2. The molecule has 0 radical (unpaired) electrons. The number of anilines is 1. The predicted octanol–water partition coefficient (Wildman–Crippen LogP) is 3.37. The van der Waals surface area contributed by atoms with Crippen LogP contribution < -0.4 is 10.1 Å². The molecule has 8 nitrogen and oxygen atoms in total. The molecule has 156 valence electrons. The first-order valence-corrected chi connectivity index (χ1v) is 10.1. The van der Waals surface area contributed by atoms with Crippen molar-refractivity contribution in [1.82, 2.24) is 4.90 Å². The van der Waals surface area contributed by atoms with Crippen LogP contribution in [0.15, 0.2) is 53.5 Å². The molecule has 2 aromatic carbocycles. The molecule has 0 unspecified atom stereocenters. The predicted molar refractivity (Wildman–Crippen MR) is 116 cm³/mol. The average Bonchev–Trinajstić information content (AvgIpc) is 3.02. The minimum Gasteiger partial charge on any atom is -0.497 e. The van der Waals surface area contributed by atoms with E-state index in [1.54, 1.807) is 36.3 Å². The molecular weight excluding hydrogens is 406 g/mol. The Labute approximate surface area is 177 Å². The van der Waals surface area contributed by atoms with Gasteiger partial charge in [0, 0.05) is 18.7 Å². The number of amidine groups is 1. The van der Waals surface area contributed by atoms with E-state index >= 15 is 0 Å². The molecule has 30 heavy (non-hydrogen) atoms. The van der Waals surface area contributed by atoms with Gasteiger partial charge in [0.05, 0.1) is 18.4 Å². The zero-order valence-corrected chi connectivity index (χ0v) is 17.3. The van der Waals surface area contributed by atoms with Crippen molar-refractivity contribution in [3.63, 3.8) is 0 Å². The van der Waals surface area contributed by atoms with Crippen LogP contribution in [-0.4, -0.2) is 51.9 Å². The first-order chi connectivity index (χ1) is 14.4. The molecule has 0 saturated carbocycles. The molecule has 1 heterocycles. The summed E-state index contributed by atoms with van der Waals surface area (Å²) in [5.41, 5.74) is 1.29. The van der Waals surface area contributed by atoms with Crippen LogP contribution in [0.1, 0.15) is 23.7 Å². The van der Waals surface area contributed by atoms with Gasteiger partial charge >= 0.3 is 5.97 Å². The number of rotatable bonds is 7. The van der Waals surface area contributed by atoms with Gasteiger partial charge < -0.3 is 15.2 Å². The Morgan fingerprint density at radius 2 is 1.83 bits per heavy atom. The summed E-state index contributed by atoms with van der Waals surface area (Å²) in [6, 6.07) is 13.0. The van der Waals surface area contributed by atoms with Crippen LogP contribution in [-0.2, 0) is 9.59 Å². The van der Waals surface area contributed by atoms with E-state index in [1.165, 1.54) is 36.0 Å². The van der Waals surface area contributed by atoms with Crippen molar-refractivity contribution in [2.45, 2.75) is 18.6 Å². The van der Waals surface area contributed by atoms with Crippen molar-refractivity contribution in [2.24, 2.45) is 4.99 Å². The van der Waals surface area contributed by atoms with Crippen molar-refractivity contribution < 1.29 is 24.2 Å². The second-order valence-electron chi connectivity index (χ2n) is 6.42. The van der Waals surface area contributed by atoms with Gasteiger partial charge in [-0.25, -0.2) is 9.79 Å². The van der Waals surface area contributed by atoms with Crippen LogP contribution in [0.25, 0.3) is 0 Å². The Hall–Kier alpha value is -3.33. The molecule has 1 saturated heterocycles. The normalized spacial score (nSPS) is 17.3. The van der Waals surface area contributed by atoms with Crippen molar-refractivity contribution in [3.05, 3.63) is 54.1 Å². The van der Waals surface area contributed by atoms with Gasteiger partial charge in [-0.1, -0.05) is 11.8 Å². The van der Waals surface area contributed by atoms with E-state index in [2.05, 4.69) is 10.3 Å². The molecule has 2 N–H and O–H groups in total. The van der Waals surface area contributed by atoms with E-state index in [9.17, 15) is 14.4 Å². The van der Waals surface area contributed by atoms with Gasteiger partial charge in [-0.3, -0.25) is 14.5 Å². The molecule has 1 atom stereocenters. The maximum Gasteiger partial charge on any atom is 0.335 e. The van der Waals surface area contributed by atoms with E-state index in [4.69, 9.17) is 9.84 Å². The molecule has 2 aromatic rings. The number of methoxy groups -OCH3 is 1. The largest absolute Gasteiger partial charge is 0.497 e. The van der Waals surface area contributed by atoms with Crippen LogP contribution in [0.2, 0.25) is 0 Å². The van der Waals surface area contributed by atoms with Crippen molar-refractivity contribution in [1.29, 1.82) is 0 Å². The second kappa shape index (κ2) is 9.45. The fourth-order valence-electron chi connectivity index (χ4n) is 2.86. The number of hydrogen-bond donors (Lipinski definition) is 2. The highest BCUT2D eigenvalue weighted by Crippen LogP contribution is 2.32. The third-order valence-electron chi connectivity index (χ3n) is 4.42. The average molecular weight is 427 g/mol. The molecular formula is C21H21N3O5S. The first-order valence-electron chi connectivity index (χ1n) is 9.25. The SMILES string of the molecule is CCN1C(=O)[C@H](CC(=O)Nc2ccc(C(=O)O)cc2)SC1=Nc1ccc(OC)cc1. The zero-order valence-electron chi connectivity index (χ0n) is 16.5. The number of hydrogen-bond acceptors (Lipinski definition) is 6. The fourth-order valence-corrected chi connectivity index (χ4v) is 4.08. The van der Waals surface area contributed by atoms with Crippen LogP contribution in [0, 0.1) is 0 Å². The van der Waals surface area contributed by atoms with E-state index < -0.39 is 11.2 Å². The summed E-state index contributed by atoms with van der Waals surface area (Å²) in [4.78, 5) is 42.1. The number of benzene rings is 2. The smallest absolute Gasteiger partial charge is 0.335 e. The molecule has 0 aliphatic carbocycles. The second-order valence-corrected chi connectivity index (χ2v) is 7.59. The summed E-state index contributed by atoms with van der Waals surface area (Å²) >= 11 is 1.26. The number of carboxylic acids is 1. The van der Waals surface area contributed by atoms with Crippen LogP contribution in [0.5, 0.6) is 5.75 Å². The van der Waals surface area contributed by atoms with E-state index in [0.717, 1.165) is 0 Å². The standard InChI is InChI=1S/C21H21N3O5S/c1-3-24-19(26)17(30-21(24)23-15-8-10-16(29-2)11-9-15)12-18(25)22-14-6-4-13(5-7-14)20(27)28/h4-11,17H,3,12H2,1-2H3,(H,22,25)(H,27,28)/t17-/m0/s1. The molecule has 0 spiro atoms. The Bertz CT molecular complexity index is 973. The lowest BCUT2D eigenvalue weighted by Crippen LogP contribution is -2.33. The van der Waals surface area contributed by atoms with Crippen LogP contribution >= 0.6 is 11.8 Å². The first kappa shape index (κ1) is 21.4. The van der Waals surface area contributed by atoms with Crippen molar-refractivity contribution in [3.8, 4) is 5.75 Å². The lowest BCUT2D eigenvalue weighted by atomic mass is 10.2. The van der Waals surface area contributed by atoms with Crippen LogP contribution in [0.4, 0.5) is 11.4 Å². The molecule has 1 aliphatic heterocycles. The number of aliphatic imine (C=N–C) groups is 1. The molecule has 0 bridgehead atoms. The van der Waals surface area contributed by atoms with Gasteiger partial charge in [-0.2, -0.15) is 0 Å². The van der Waals surface area contributed by atoms with E-state index in [0.29, 0.717) is 28.8 Å². The summed E-state index contributed by atoms with van der Waals surface area (Å²) in [5.74, 6) is -0.812. The summed E-state index contributed by atoms with van der Waals surface area (Å²) in [6.45, 7) is 2.31. The lowest BCUT2D eigenvalue weighted by molar-refractivity contribution is -0.128. The van der Waals surface area contributed by atoms with Gasteiger partial charge in [-0.15, -0.1) is 0 Å². The maximum absolute atomic E-state index is 12.7. The van der Waals surface area contributed by atoms with Crippen molar-refractivity contribution >= 4 is 46.1 Å². The number of nitrogens with zero attached hydrogens (tertiary/aromatic N) is 2. The number of carbonyl (C=O) groups excluding carboxylic acids is 2. The van der Waals surface area contributed by atoms with Crippen LogP contribution in [0.3, 0.4) is 0 Å². The monoisotopic (exact) mass is 427 g/mol. The number of thioether (sulfide) groups is 1. The Morgan fingerprint density at radius 1 is 1.17 bits per heavy atom. The van der Waals surface area contributed by atoms with Crippen molar-refractivity contribution in [2.75, 3.05) is 19.0 Å². The number of ether oxygens (including phenoxy) is 1.